The van der Waals surface area contributed by atoms with Crippen LogP contribution in [0.5, 0.6) is 0 Å². The first-order valence-corrected chi connectivity index (χ1v) is 8.41. The van der Waals surface area contributed by atoms with Crippen molar-refractivity contribution >= 4 is 35.1 Å². The maximum absolute atomic E-state index is 12.4. The van der Waals surface area contributed by atoms with Crippen molar-refractivity contribution in [1.82, 2.24) is 4.90 Å². The third-order valence-corrected chi connectivity index (χ3v) is 4.41. The van der Waals surface area contributed by atoms with Crippen molar-refractivity contribution in [1.29, 1.82) is 0 Å². The van der Waals surface area contributed by atoms with E-state index in [9.17, 15) is 9.59 Å². The molecular formula is C17H21Cl2NO3. The molecule has 1 aliphatic rings. The molecule has 0 spiro atoms. The van der Waals surface area contributed by atoms with E-state index in [1.807, 2.05) is 20.8 Å². The quantitative estimate of drug-likeness (QED) is 0.717. The smallest absolute Gasteiger partial charge is 0.410 e. The van der Waals surface area contributed by atoms with E-state index < -0.39 is 5.60 Å². The summed E-state index contributed by atoms with van der Waals surface area (Å²) in [4.78, 5) is 26.3. The molecule has 0 aliphatic carbocycles. The molecule has 0 radical (unpaired) electrons. The SMILES string of the molecule is CC(C)(C)OC(=O)N1CCCC1CC(=O)c1ccc(Cl)c(Cl)c1. The Morgan fingerprint density at radius 2 is 1.96 bits per heavy atom. The van der Waals surface area contributed by atoms with Gasteiger partial charge in [0.25, 0.3) is 0 Å². The van der Waals surface area contributed by atoms with Gasteiger partial charge in [-0.2, -0.15) is 0 Å². The normalized spacial score (nSPS) is 18.1. The topological polar surface area (TPSA) is 46.6 Å². The first kappa shape index (κ1) is 18.1. The second kappa shape index (κ2) is 7.10. The number of Topliss-reactive ketones (excluding diaryl/α,β-unsaturated/α-hetero) is 1. The molecule has 0 N–H and O–H groups in total. The van der Waals surface area contributed by atoms with Crippen LogP contribution in [-0.2, 0) is 4.74 Å². The molecule has 0 aromatic heterocycles. The van der Waals surface area contributed by atoms with Crippen LogP contribution in [0.1, 0.15) is 50.4 Å². The second-order valence-corrected chi connectivity index (χ2v) is 7.54. The first-order valence-electron chi connectivity index (χ1n) is 7.65. The molecule has 1 atom stereocenters. The third-order valence-electron chi connectivity index (χ3n) is 3.67. The number of nitrogens with zero attached hydrogens (tertiary/aromatic N) is 1. The van der Waals surface area contributed by atoms with Gasteiger partial charge in [-0.25, -0.2) is 4.79 Å². The van der Waals surface area contributed by atoms with Crippen molar-refractivity contribution in [2.45, 2.75) is 51.7 Å². The summed E-state index contributed by atoms with van der Waals surface area (Å²) in [5.41, 5.74) is -0.0340. The molecule has 1 unspecified atom stereocenters. The van der Waals surface area contributed by atoms with Gasteiger partial charge in [0.15, 0.2) is 5.78 Å². The number of carbonyl (C=O) groups excluding carboxylic acids is 2. The van der Waals surface area contributed by atoms with Gasteiger partial charge in [-0.05, 0) is 51.8 Å². The van der Waals surface area contributed by atoms with Crippen molar-refractivity contribution in [3.8, 4) is 0 Å². The lowest BCUT2D eigenvalue weighted by Crippen LogP contribution is -2.40. The van der Waals surface area contributed by atoms with E-state index in [2.05, 4.69) is 0 Å². The number of rotatable bonds is 3. The summed E-state index contributed by atoms with van der Waals surface area (Å²) < 4.78 is 5.41. The zero-order chi connectivity index (χ0) is 17.2. The number of hydrogen-bond acceptors (Lipinski definition) is 3. The van der Waals surface area contributed by atoms with Gasteiger partial charge in [0.1, 0.15) is 5.60 Å². The summed E-state index contributed by atoms with van der Waals surface area (Å²) in [6.45, 7) is 6.11. The molecule has 23 heavy (non-hydrogen) atoms. The Bertz CT molecular complexity index is 610. The van der Waals surface area contributed by atoms with Gasteiger partial charge >= 0.3 is 6.09 Å². The zero-order valence-electron chi connectivity index (χ0n) is 13.6. The van der Waals surface area contributed by atoms with Gasteiger partial charge in [-0.1, -0.05) is 23.2 Å². The Morgan fingerprint density at radius 3 is 2.57 bits per heavy atom. The van der Waals surface area contributed by atoms with Crippen molar-refractivity contribution in [3.05, 3.63) is 33.8 Å². The van der Waals surface area contributed by atoms with Crippen LogP contribution in [0.3, 0.4) is 0 Å². The number of hydrogen-bond donors (Lipinski definition) is 0. The van der Waals surface area contributed by atoms with Crippen LogP contribution < -0.4 is 0 Å². The maximum atomic E-state index is 12.4. The molecule has 2 rings (SSSR count). The number of halogens is 2. The van der Waals surface area contributed by atoms with E-state index in [0.717, 1.165) is 12.8 Å². The summed E-state index contributed by atoms with van der Waals surface area (Å²) in [6, 6.07) is 4.70. The highest BCUT2D eigenvalue weighted by molar-refractivity contribution is 6.42. The minimum atomic E-state index is -0.544. The highest BCUT2D eigenvalue weighted by atomic mass is 35.5. The molecule has 6 heteroatoms. The van der Waals surface area contributed by atoms with Crippen LogP contribution in [0.2, 0.25) is 10.0 Å². The van der Waals surface area contributed by atoms with E-state index in [1.54, 1.807) is 23.1 Å². The predicted octanol–water partition coefficient (Wildman–Crippen LogP) is 4.97. The van der Waals surface area contributed by atoms with Crippen molar-refractivity contribution < 1.29 is 14.3 Å². The van der Waals surface area contributed by atoms with Crippen molar-refractivity contribution in [3.63, 3.8) is 0 Å². The van der Waals surface area contributed by atoms with E-state index in [-0.39, 0.29) is 24.3 Å². The largest absolute Gasteiger partial charge is 0.444 e. The first-order chi connectivity index (χ1) is 10.7. The summed E-state index contributed by atoms with van der Waals surface area (Å²) in [6.07, 6.45) is 1.57. The Morgan fingerprint density at radius 1 is 1.26 bits per heavy atom. The molecule has 1 amide bonds. The Balaban J connectivity index is 2.04. The average Bonchev–Trinajstić information content (AvgIpc) is 2.88. The molecule has 4 nitrogen and oxygen atoms in total. The van der Waals surface area contributed by atoms with Gasteiger partial charge in [-0.15, -0.1) is 0 Å². The minimum absolute atomic E-state index is 0.0518. The van der Waals surface area contributed by atoms with Crippen LogP contribution >= 0.6 is 23.2 Å². The predicted molar refractivity (Wildman–Crippen MR) is 91.4 cm³/mol. The van der Waals surface area contributed by atoms with Gasteiger partial charge in [0.2, 0.25) is 0 Å². The van der Waals surface area contributed by atoms with Crippen molar-refractivity contribution in [2.75, 3.05) is 6.54 Å². The molecule has 0 bridgehead atoms. The monoisotopic (exact) mass is 357 g/mol. The Kier molecular flexibility index (Phi) is 5.58. The summed E-state index contributed by atoms with van der Waals surface area (Å²) in [5.74, 6) is -0.0518. The lowest BCUT2D eigenvalue weighted by Gasteiger charge is -2.28. The van der Waals surface area contributed by atoms with E-state index in [4.69, 9.17) is 27.9 Å². The highest BCUT2D eigenvalue weighted by Gasteiger charge is 2.33. The molecule has 1 aromatic carbocycles. The Labute approximate surface area is 146 Å². The number of ether oxygens (including phenoxy) is 1. The second-order valence-electron chi connectivity index (χ2n) is 6.73. The van der Waals surface area contributed by atoms with Crippen LogP contribution in [0, 0.1) is 0 Å². The summed E-state index contributed by atoms with van der Waals surface area (Å²) in [7, 11) is 0. The number of carbonyl (C=O) groups is 2. The number of ketones is 1. The zero-order valence-corrected chi connectivity index (χ0v) is 15.1. The van der Waals surface area contributed by atoms with Crippen molar-refractivity contribution in [2.24, 2.45) is 0 Å². The molecule has 1 heterocycles. The van der Waals surface area contributed by atoms with Crippen LogP contribution in [-0.4, -0.2) is 35.0 Å². The van der Waals surface area contributed by atoms with Gasteiger partial charge in [0, 0.05) is 24.6 Å². The fourth-order valence-electron chi connectivity index (χ4n) is 2.61. The molecule has 1 fully saturated rings. The molecule has 126 valence electrons. The van der Waals surface area contributed by atoms with E-state index >= 15 is 0 Å². The number of amides is 1. The van der Waals surface area contributed by atoms with Crippen LogP contribution in [0.15, 0.2) is 18.2 Å². The van der Waals surface area contributed by atoms with Crippen LogP contribution in [0.4, 0.5) is 4.79 Å². The lowest BCUT2D eigenvalue weighted by molar-refractivity contribution is 0.0223. The fraction of sp³-hybridized carbons (Fsp3) is 0.529. The van der Waals surface area contributed by atoms with E-state index in [0.29, 0.717) is 22.2 Å². The molecule has 1 aromatic rings. The average molecular weight is 358 g/mol. The molecule has 0 saturated carbocycles. The lowest BCUT2D eigenvalue weighted by atomic mass is 10.0. The summed E-state index contributed by atoms with van der Waals surface area (Å²) in [5, 5.41) is 0.771. The van der Waals surface area contributed by atoms with Crippen LogP contribution in [0.25, 0.3) is 0 Å². The fourth-order valence-corrected chi connectivity index (χ4v) is 2.91. The molecule has 1 aliphatic heterocycles. The minimum Gasteiger partial charge on any atom is -0.444 e. The standard InChI is InChI=1S/C17H21Cl2NO3/c1-17(2,3)23-16(22)20-8-4-5-12(20)10-15(21)11-6-7-13(18)14(19)9-11/h6-7,9,12H,4-5,8,10H2,1-3H3. The third kappa shape index (κ3) is 4.85. The maximum Gasteiger partial charge on any atom is 0.410 e. The Hall–Kier alpha value is -1.26. The summed E-state index contributed by atoms with van der Waals surface area (Å²) >= 11 is 11.8. The van der Waals surface area contributed by atoms with Gasteiger partial charge in [-0.3, -0.25) is 4.79 Å². The number of likely N-dealkylation sites (tertiary alicyclic amines) is 1. The molecule has 1 saturated heterocycles. The highest BCUT2D eigenvalue weighted by Crippen LogP contribution is 2.27. The van der Waals surface area contributed by atoms with Gasteiger partial charge < -0.3 is 9.64 Å². The van der Waals surface area contributed by atoms with Gasteiger partial charge in [0.05, 0.1) is 10.0 Å². The van der Waals surface area contributed by atoms with E-state index in [1.165, 1.54) is 0 Å². The number of benzene rings is 1. The molecular weight excluding hydrogens is 337 g/mol.